The number of phenols is 1. The van der Waals surface area contributed by atoms with Crippen LogP contribution in [-0.4, -0.2) is 50.5 Å². The van der Waals surface area contributed by atoms with Crippen LogP contribution in [0.3, 0.4) is 0 Å². The molecule has 0 unspecified atom stereocenters. The fourth-order valence-corrected chi connectivity index (χ4v) is 3.92. The van der Waals surface area contributed by atoms with Crippen LogP contribution in [0.4, 0.5) is 4.39 Å². The predicted molar refractivity (Wildman–Crippen MR) is 118 cm³/mol. The molecule has 0 saturated heterocycles. The zero-order chi connectivity index (χ0) is 24.1. The second-order valence-electron chi connectivity index (χ2n) is 8.67. The molecule has 2 aromatic carbocycles. The van der Waals surface area contributed by atoms with Gasteiger partial charge in [0.25, 0.3) is 11.8 Å². The van der Waals surface area contributed by atoms with E-state index in [0.29, 0.717) is 22.9 Å². The van der Waals surface area contributed by atoms with E-state index in [2.05, 4.69) is 10.3 Å². The number of hydrogen-bond donors (Lipinski definition) is 3. The number of rotatable bonds is 5. The van der Waals surface area contributed by atoms with Gasteiger partial charge in [0.15, 0.2) is 5.75 Å². The smallest absolute Gasteiger partial charge is 0.328 e. The maximum atomic E-state index is 13.3. The third-order valence-electron chi connectivity index (χ3n) is 5.74. The van der Waals surface area contributed by atoms with Crippen LogP contribution >= 0.6 is 0 Å². The summed E-state index contributed by atoms with van der Waals surface area (Å²) in [6.45, 7) is 2.78. The van der Waals surface area contributed by atoms with E-state index in [1.807, 2.05) is 0 Å². The number of carboxylic acids is 1. The number of benzene rings is 2. The molecule has 2 heterocycles. The molecule has 4 rings (SSSR count). The highest BCUT2D eigenvalue weighted by Crippen LogP contribution is 2.39. The molecule has 0 saturated carbocycles. The average molecular weight is 451 g/mol. The number of phenolic OH excluding ortho intramolecular Hbond substituents is 1. The van der Waals surface area contributed by atoms with Gasteiger partial charge in [0, 0.05) is 30.7 Å². The van der Waals surface area contributed by atoms with E-state index in [-0.39, 0.29) is 34.8 Å². The van der Waals surface area contributed by atoms with Crippen molar-refractivity contribution in [1.82, 2.24) is 15.2 Å². The molecule has 8 nitrogen and oxygen atoms in total. The largest absolute Gasteiger partial charge is 0.505 e. The SMILES string of the molecule is CN1Cc2c(c(O)c3ncc(Cc4ccc(F)cc4)cc3c2C(=O)NC(C)(C)C(=O)O)C1=O. The van der Waals surface area contributed by atoms with Crippen LogP contribution in [0.15, 0.2) is 36.5 Å². The van der Waals surface area contributed by atoms with Gasteiger partial charge in [0.05, 0.1) is 11.1 Å². The van der Waals surface area contributed by atoms with Crippen LogP contribution in [0, 0.1) is 5.82 Å². The van der Waals surface area contributed by atoms with Crippen LogP contribution in [0.5, 0.6) is 5.75 Å². The Hall–Kier alpha value is -4.01. The van der Waals surface area contributed by atoms with E-state index in [9.17, 15) is 29.0 Å². The summed E-state index contributed by atoms with van der Waals surface area (Å²) in [6.07, 6.45) is 1.91. The summed E-state index contributed by atoms with van der Waals surface area (Å²) in [6, 6.07) is 7.64. The molecule has 1 aliphatic rings. The molecule has 170 valence electrons. The van der Waals surface area contributed by atoms with Gasteiger partial charge in [-0.15, -0.1) is 0 Å². The number of carboxylic acid groups (broad SMARTS) is 1. The summed E-state index contributed by atoms with van der Waals surface area (Å²) >= 11 is 0. The number of halogens is 1. The zero-order valence-corrected chi connectivity index (χ0v) is 18.3. The Bertz CT molecular complexity index is 1320. The summed E-state index contributed by atoms with van der Waals surface area (Å²) in [5.74, 6) is -3.04. The second kappa shape index (κ2) is 7.84. The first-order chi connectivity index (χ1) is 15.5. The fourth-order valence-electron chi connectivity index (χ4n) is 3.92. The van der Waals surface area contributed by atoms with Crippen molar-refractivity contribution < 1.29 is 29.0 Å². The molecule has 1 aromatic heterocycles. The first-order valence-corrected chi connectivity index (χ1v) is 10.2. The van der Waals surface area contributed by atoms with Gasteiger partial charge in [-0.3, -0.25) is 14.6 Å². The van der Waals surface area contributed by atoms with E-state index >= 15 is 0 Å². The number of carbonyl (C=O) groups is 3. The Morgan fingerprint density at radius 3 is 2.52 bits per heavy atom. The molecule has 3 aromatic rings. The van der Waals surface area contributed by atoms with Crippen LogP contribution in [-0.2, 0) is 17.8 Å². The summed E-state index contributed by atoms with van der Waals surface area (Å²) in [4.78, 5) is 43.2. The van der Waals surface area contributed by atoms with Crippen molar-refractivity contribution in [2.75, 3.05) is 7.05 Å². The van der Waals surface area contributed by atoms with Crippen molar-refractivity contribution in [1.29, 1.82) is 0 Å². The quantitative estimate of drug-likeness (QED) is 0.549. The Morgan fingerprint density at radius 2 is 1.88 bits per heavy atom. The molecule has 0 spiro atoms. The van der Waals surface area contributed by atoms with Crippen molar-refractivity contribution >= 4 is 28.7 Å². The van der Waals surface area contributed by atoms with E-state index in [4.69, 9.17) is 0 Å². The number of nitrogens with zero attached hydrogens (tertiary/aromatic N) is 2. The minimum atomic E-state index is -1.57. The molecule has 2 amide bonds. The fraction of sp³-hybridized carbons (Fsp3) is 0.250. The summed E-state index contributed by atoms with van der Waals surface area (Å²) in [7, 11) is 1.54. The third-order valence-corrected chi connectivity index (χ3v) is 5.74. The molecule has 9 heteroatoms. The van der Waals surface area contributed by atoms with Gasteiger partial charge in [0.2, 0.25) is 0 Å². The number of hydrogen-bond acceptors (Lipinski definition) is 5. The van der Waals surface area contributed by atoms with Crippen molar-refractivity contribution in [3.8, 4) is 5.75 Å². The van der Waals surface area contributed by atoms with Gasteiger partial charge in [-0.05, 0) is 49.6 Å². The van der Waals surface area contributed by atoms with Crippen LogP contribution in [0.1, 0.15) is 51.3 Å². The Balaban J connectivity index is 1.90. The van der Waals surface area contributed by atoms with Crippen molar-refractivity contribution in [3.05, 3.63) is 70.2 Å². The maximum absolute atomic E-state index is 13.3. The number of nitrogens with one attached hydrogen (secondary N) is 1. The lowest BCUT2D eigenvalue weighted by Gasteiger charge is -2.22. The number of fused-ring (bicyclic) bond motifs is 2. The lowest BCUT2D eigenvalue weighted by molar-refractivity contribution is -0.143. The first-order valence-electron chi connectivity index (χ1n) is 10.2. The number of aliphatic carboxylic acids is 1. The molecule has 33 heavy (non-hydrogen) atoms. The highest BCUT2D eigenvalue weighted by Gasteiger charge is 2.37. The molecule has 0 bridgehead atoms. The van der Waals surface area contributed by atoms with Crippen LogP contribution < -0.4 is 5.32 Å². The van der Waals surface area contributed by atoms with Gasteiger partial charge < -0.3 is 20.4 Å². The molecule has 0 atom stereocenters. The zero-order valence-electron chi connectivity index (χ0n) is 18.3. The van der Waals surface area contributed by atoms with Crippen LogP contribution in [0.25, 0.3) is 10.9 Å². The Morgan fingerprint density at radius 1 is 1.21 bits per heavy atom. The average Bonchev–Trinajstić information content (AvgIpc) is 3.03. The van der Waals surface area contributed by atoms with Crippen molar-refractivity contribution in [3.63, 3.8) is 0 Å². The number of pyridine rings is 1. The van der Waals surface area contributed by atoms with Gasteiger partial charge in [-0.25, -0.2) is 9.18 Å². The van der Waals surface area contributed by atoms with Crippen molar-refractivity contribution in [2.45, 2.75) is 32.4 Å². The van der Waals surface area contributed by atoms with E-state index in [1.54, 1.807) is 25.2 Å². The third kappa shape index (κ3) is 3.86. The minimum Gasteiger partial charge on any atom is -0.505 e. The van der Waals surface area contributed by atoms with E-state index < -0.39 is 23.3 Å². The molecular weight excluding hydrogens is 429 g/mol. The normalized spacial score (nSPS) is 13.3. The standard InChI is InChI=1S/C24H22FN3O5/c1-24(2,23(32)33)27-21(30)17-15-9-13(8-12-4-6-14(25)7-5-12)10-26-19(15)20(29)18-16(17)11-28(3)22(18)31/h4-7,9-10,29H,8,11H2,1-3H3,(H,27,30)(H,32,33). The minimum absolute atomic E-state index is 0.0120. The predicted octanol–water partition coefficient (Wildman–Crippen LogP) is 2.85. The topological polar surface area (TPSA) is 120 Å². The first kappa shape index (κ1) is 22.2. The van der Waals surface area contributed by atoms with Gasteiger partial charge >= 0.3 is 5.97 Å². The number of carbonyl (C=O) groups excluding carboxylic acids is 2. The number of amides is 2. The monoisotopic (exact) mass is 451 g/mol. The highest BCUT2D eigenvalue weighted by molar-refractivity contribution is 6.16. The van der Waals surface area contributed by atoms with Gasteiger partial charge in [-0.2, -0.15) is 0 Å². The summed E-state index contributed by atoms with van der Waals surface area (Å²) in [5.41, 5.74) is 0.404. The Labute approximate surface area is 188 Å². The summed E-state index contributed by atoms with van der Waals surface area (Å²) in [5, 5.41) is 23.1. The lowest BCUT2D eigenvalue weighted by Crippen LogP contribution is -2.49. The lowest BCUT2D eigenvalue weighted by atomic mass is 9.93. The molecule has 1 aliphatic heterocycles. The van der Waals surface area contributed by atoms with Gasteiger partial charge in [-0.1, -0.05) is 12.1 Å². The van der Waals surface area contributed by atoms with Crippen LogP contribution in [0.2, 0.25) is 0 Å². The number of aromatic nitrogens is 1. The maximum Gasteiger partial charge on any atom is 0.328 e. The van der Waals surface area contributed by atoms with E-state index in [0.717, 1.165) is 5.56 Å². The second-order valence-corrected chi connectivity index (χ2v) is 8.67. The molecule has 0 radical (unpaired) electrons. The molecule has 0 fully saturated rings. The molecule has 3 N–H and O–H groups in total. The summed E-state index contributed by atoms with van der Waals surface area (Å²) < 4.78 is 13.2. The molecular formula is C24H22FN3O5. The van der Waals surface area contributed by atoms with Gasteiger partial charge in [0.1, 0.15) is 16.9 Å². The Kier molecular flexibility index (Phi) is 5.27. The molecule has 0 aliphatic carbocycles. The highest BCUT2D eigenvalue weighted by atomic mass is 19.1. The van der Waals surface area contributed by atoms with Crippen molar-refractivity contribution in [2.24, 2.45) is 0 Å². The number of aromatic hydroxyl groups is 1. The van der Waals surface area contributed by atoms with E-state index in [1.165, 1.54) is 37.1 Å².